The smallest absolute Gasteiger partial charge is 0.219 e. The van der Waals surface area contributed by atoms with Gasteiger partial charge in [0.25, 0.3) is 0 Å². The van der Waals surface area contributed by atoms with Gasteiger partial charge in [-0.15, -0.1) is 0 Å². The van der Waals surface area contributed by atoms with Crippen LogP contribution in [0.4, 0.5) is 22.7 Å². The van der Waals surface area contributed by atoms with Crippen molar-refractivity contribution in [2.45, 2.75) is 55.4 Å². The summed E-state index contributed by atoms with van der Waals surface area (Å²) in [7, 11) is 8.27. The summed E-state index contributed by atoms with van der Waals surface area (Å²) in [5, 5.41) is 8.07. The molecule has 0 fully saturated rings. The van der Waals surface area contributed by atoms with Crippen LogP contribution in [0, 0.1) is 81.7 Å². The zero-order valence-corrected chi connectivity index (χ0v) is 68.9. The number of aryl methyl sites for hydroxylation is 11. The second-order valence-electron chi connectivity index (χ2n) is 31.0. The van der Waals surface area contributed by atoms with Crippen molar-refractivity contribution in [1.29, 1.82) is 0 Å². The van der Waals surface area contributed by atoms with E-state index in [1.165, 1.54) is 22.4 Å². The van der Waals surface area contributed by atoms with Gasteiger partial charge in [-0.1, -0.05) is 170 Å². The summed E-state index contributed by atoms with van der Waals surface area (Å²) in [6.07, 6.45) is 6.27. The Hall–Kier alpha value is -15.6. The first-order valence-corrected chi connectivity index (χ1v) is 39.9. The van der Waals surface area contributed by atoms with Crippen LogP contribution >= 0.6 is 0 Å². The molecule has 8 heterocycles. The molecule has 12 heteroatoms. The lowest BCUT2D eigenvalue weighted by atomic mass is 9.97. The number of hydrogen-bond acceptors (Lipinski definition) is 4. The second kappa shape index (κ2) is 31.9. The highest BCUT2D eigenvalue weighted by Gasteiger charge is 2.29. The Morgan fingerprint density at radius 3 is 0.975 bits per heavy atom. The van der Waals surface area contributed by atoms with E-state index in [1.807, 2.05) is 121 Å². The van der Waals surface area contributed by atoms with Gasteiger partial charge in [-0.2, -0.15) is 4.57 Å². The summed E-state index contributed by atoms with van der Waals surface area (Å²) >= 11 is 0. The van der Waals surface area contributed by atoms with E-state index >= 15 is 0 Å². The molecule has 576 valence electrons. The standard InChI is InChI=1S/4C27H21N2O/c1-17-12-13-21-23-16-20(28-3)15-22(19-10-6-5-7-11-19)26(23)30-27(21)24(17)25-18(2)9-8-14-29(25)4;1-17-13-14-21-23-16-20(28-3)15-22(19-10-6-5-7-11-19)26(23)30-27(21)25(17)24-12-8-9-18(2)29(24)4;1-17-10-13-24(29(4)16-17)25-18(2)11-12-21-23-15-20(28-3)14-22(26(23)30-27(21)25)19-8-6-5-7-9-19;1-17-12-13-29(4)24(14-17)25-18(2)10-11-21-23-16-20(28-3)15-22(26(23)30-27(21)25)19-8-6-5-7-9-19/h4*5-16H,1-2,4H3/q4*+1. The number of aromatic nitrogens is 4. The number of fused-ring (bicyclic) bond motifs is 12. The topological polar surface area (TPSA) is 85.5 Å². The first-order valence-electron chi connectivity index (χ1n) is 39.9. The van der Waals surface area contributed by atoms with Crippen LogP contribution in [0.5, 0.6) is 0 Å². The minimum Gasteiger partial charge on any atom is -0.455 e. The quantitative estimate of drug-likeness (QED) is 0.112. The maximum absolute atomic E-state index is 7.60. The van der Waals surface area contributed by atoms with Crippen LogP contribution in [-0.2, 0) is 28.2 Å². The molecule has 0 saturated carbocycles. The van der Waals surface area contributed by atoms with Crippen molar-refractivity contribution >= 4 is 111 Å². The lowest BCUT2D eigenvalue weighted by Crippen LogP contribution is -2.34. The molecule has 12 aromatic carbocycles. The lowest BCUT2D eigenvalue weighted by Gasteiger charge is -2.07. The van der Waals surface area contributed by atoms with Crippen LogP contribution in [0.3, 0.4) is 0 Å². The van der Waals surface area contributed by atoms with Gasteiger partial charge in [-0.05, 0) is 165 Å². The molecule has 0 aliphatic carbocycles. The van der Waals surface area contributed by atoms with Gasteiger partial charge >= 0.3 is 0 Å². The van der Waals surface area contributed by atoms with Gasteiger partial charge < -0.3 is 17.7 Å². The molecule has 20 rings (SSSR count). The van der Waals surface area contributed by atoms with Crippen LogP contribution in [-0.4, -0.2) is 0 Å². The van der Waals surface area contributed by atoms with E-state index in [1.54, 1.807) is 0 Å². The SMILES string of the molecule is [C-]#[N+]c1cc(-c2ccccc2)c2oc3c(-c4c(C)ccc[n+]4C)c(C)ccc3c2c1.[C-]#[N+]c1cc(-c2ccccc2)c2oc3c(-c4cc(C)cc[n+]4C)c(C)ccc3c2c1.[C-]#[N+]c1cc(-c2ccccc2)c2oc3c(-c4ccc(C)c[n+]4C)c(C)ccc3c2c1.[C-]#[N+]c1cc(-c2ccccc2)c2oc3c(-c4cccc(C)[n+]4C)c(C)ccc3c2c1. The highest BCUT2D eigenvalue weighted by Crippen LogP contribution is 2.49. The maximum Gasteiger partial charge on any atom is 0.219 e. The molecule has 12 nitrogen and oxygen atoms in total. The molecule has 0 radical (unpaired) electrons. The largest absolute Gasteiger partial charge is 0.455 e. The molecule has 0 spiro atoms. The minimum absolute atomic E-state index is 0.618. The van der Waals surface area contributed by atoms with Crippen LogP contribution in [0.1, 0.15) is 44.6 Å². The van der Waals surface area contributed by atoms with Crippen molar-refractivity contribution in [2.24, 2.45) is 28.2 Å². The van der Waals surface area contributed by atoms with E-state index in [4.69, 9.17) is 44.0 Å². The average Bonchev–Trinajstić information content (AvgIpc) is 1.60. The molecule has 20 aromatic rings. The third kappa shape index (κ3) is 14.0. The molecule has 120 heavy (non-hydrogen) atoms. The fourth-order valence-electron chi connectivity index (χ4n) is 16.9. The predicted octanol–water partition coefficient (Wildman–Crippen LogP) is 27.6. The van der Waals surface area contributed by atoms with Crippen molar-refractivity contribution in [3.63, 3.8) is 0 Å². The van der Waals surface area contributed by atoms with E-state index in [2.05, 4.69) is 291 Å². The molecule has 0 unspecified atom stereocenters. The van der Waals surface area contributed by atoms with Crippen molar-refractivity contribution in [3.8, 4) is 89.5 Å². The Kier molecular flexibility index (Phi) is 20.5. The molecule has 0 N–H and O–H groups in total. The predicted molar refractivity (Wildman–Crippen MR) is 486 cm³/mol. The summed E-state index contributed by atoms with van der Waals surface area (Å²) in [6, 6.07) is 92.1. The van der Waals surface area contributed by atoms with Crippen molar-refractivity contribution in [1.82, 2.24) is 0 Å². The van der Waals surface area contributed by atoms with Crippen molar-refractivity contribution < 1.29 is 35.9 Å². The first-order chi connectivity index (χ1) is 58.3. The fourth-order valence-corrected chi connectivity index (χ4v) is 16.9. The summed E-state index contributed by atoms with van der Waals surface area (Å²) < 4.78 is 34.9. The summed E-state index contributed by atoms with van der Waals surface area (Å²) in [6.45, 7) is 47.3. The Balaban J connectivity index is 0.000000114. The lowest BCUT2D eigenvalue weighted by molar-refractivity contribution is -0.666. The molecule has 0 aliphatic heterocycles. The Bertz CT molecular complexity index is 7510. The zero-order valence-electron chi connectivity index (χ0n) is 68.9. The Morgan fingerprint density at radius 2 is 0.608 bits per heavy atom. The highest BCUT2D eigenvalue weighted by atomic mass is 16.3. The van der Waals surface area contributed by atoms with Crippen LogP contribution < -0.4 is 18.3 Å². The summed E-state index contributed by atoms with van der Waals surface area (Å²) in [5.74, 6) is 0. The van der Waals surface area contributed by atoms with Gasteiger partial charge in [0, 0.05) is 120 Å². The normalized spacial score (nSPS) is 11.1. The number of furan rings is 4. The summed E-state index contributed by atoms with van der Waals surface area (Å²) in [5.41, 5.74) is 35.5. The summed E-state index contributed by atoms with van der Waals surface area (Å²) in [4.78, 5) is 14.9. The van der Waals surface area contributed by atoms with Crippen LogP contribution in [0.2, 0.25) is 0 Å². The monoisotopic (exact) mass is 1560 g/mol. The van der Waals surface area contributed by atoms with Gasteiger partial charge in [0.05, 0.1) is 48.5 Å². The molecular formula is C108H84N8O4+4. The van der Waals surface area contributed by atoms with E-state index < -0.39 is 0 Å². The number of hydrogen-bond donors (Lipinski definition) is 0. The molecule has 8 aromatic heterocycles. The molecule has 0 saturated heterocycles. The second-order valence-corrected chi connectivity index (χ2v) is 31.0. The van der Waals surface area contributed by atoms with Crippen LogP contribution in [0.25, 0.3) is 197 Å². The van der Waals surface area contributed by atoms with Gasteiger partial charge in [0.15, 0.2) is 47.0 Å². The molecule has 0 bridgehead atoms. The maximum atomic E-state index is 7.60. The first kappa shape index (κ1) is 77.0. The minimum atomic E-state index is 0.618. The number of nitrogens with zero attached hydrogens (tertiary/aromatic N) is 8. The molecular weight excluding hydrogens is 1470 g/mol. The van der Waals surface area contributed by atoms with Crippen molar-refractivity contribution in [2.75, 3.05) is 0 Å². The number of pyridine rings is 4. The number of benzene rings is 12. The van der Waals surface area contributed by atoms with E-state index in [0.717, 1.165) is 200 Å². The van der Waals surface area contributed by atoms with Gasteiger partial charge in [0.2, 0.25) is 22.8 Å². The van der Waals surface area contributed by atoms with Crippen molar-refractivity contribution in [3.05, 3.63) is 382 Å². The van der Waals surface area contributed by atoms with Crippen LogP contribution in [0.15, 0.2) is 309 Å². The Labute approximate surface area is 697 Å². The van der Waals surface area contributed by atoms with Gasteiger partial charge in [-0.25, -0.2) is 33.1 Å². The van der Waals surface area contributed by atoms with E-state index in [9.17, 15) is 0 Å². The molecule has 0 amide bonds. The van der Waals surface area contributed by atoms with Gasteiger partial charge in [-0.3, -0.25) is 0 Å². The third-order valence-corrected chi connectivity index (χ3v) is 23.0. The van der Waals surface area contributed by atoms with E-state index in [-0.39, 0.29) is 0 Å². The average molecular weight is 1560 g/mol. The highest BCUT2D eigenvalue weighted by molar-refractivity contribution is 6.18. The number of rotatable bonds is 8. The molecule has 0 aliphatic rings. The Morgan fingerprint density at radius 1 is 0.250 bits per heavy atom. The fraction of sp³-hybridized carbons (Fsp3) is 0.111. The van der Waals surface area contributed by atoms with E-state index in [0.29, 0.717) is 22.7 Å². The molecule has 0 atom stereocenters. The third-order valence-electron chi connectivity index (χ3n) is 23.0. The zero-order chi connectivity index (χ0) is 83.3. The van der Waals surface area contributed by atoms with Gasteiger partial charge in [0.1, 0.15) is 72.9 Å².